The van der Waals surface area contributed by atoms with Gasteiger partial charge in [-0.25, -0.2) is 8.78 Å². The van der Waals surface area contributed by atoms with Crippen LogP contribution < -0.4 is 5.32 Å². The molecule has 6 heteroatoms. The molecule has 0 amide bonds. The molecule has 0 fully saturated rings. The first-order valence-electron chi connectivity index (χ1n) is 5.89. The lowest BCUT2D eigenvalue weighted by Gasteiger charge is -2.05. The molecular weight excluding hydrogens is 252 g/mol. The van der Waals surface area contributed by atoms with Crippen LogP contribution in [0.25, 0.3) is 11.3 Å². The second-order valence-electron chi connectivity index (χ2n) is 4.07. The van der Waals surface area contributed by atoms with Gasteiger partial charge in [-0.1, -0.05) is 0 Å². The SMILES string of the molecule is COCCNCc1cn[nH]c1-c1ccc(F)c(F)c1. The van der Waals surface area contributed by atoms with Crippen LogP contribution in [0.4, 0.5) is 8.78 Å². The van der Waals surface area contributed by atoms with Crippen molar-refractivity contribution in [1.82, 2.24) is 15.5 Å². The Morgan fingerprint density at radius 3 is 2.89 bits per heavy atom. The average molecular weight is 267 g/mol. The number of hydrogen-bond donors (Lipinski definition) is 2. The van der Waals surface area contributed by atoms with Crippen LogP contribution in [0.2, 0.25) is 0 Å². The van der Waals surface area contributed by atoms with Crippen molar-refractivity contribution in [3.8, 4) is 11.3 Å². The van der Waals surface area contributed by atoms with Gasteiger partial charge < -0.3 is 10.1 Å². The summed E-state index contributed by atoms with van der Waals surface area (Å²) in [4.78, 5) is 0. The minimum atomic E-state index is -0.870. The summed E-state index contributed by atoms with van der Waals surface area (Å²) < 4.78 is 31.0. The summed E-state index contributed by atoms with van der Waals surface area (Å²) in [5.74, 6) is -1.73. The molecule has 1 heterocycles. The van der Waals surface area contributed by atoms with Crippen molar-refractivity contribution in [1.29, 1.82) is 0 Å². The summed E-state index contributed by atoms with van der Waals surface area (Å²) in [6.45, 7) is 1.89. The van der Waals surface area contributed by atoms with Gasteiger partial charge in [0.2, 0.25) is 0 Å². The fraction of sp³-hybridized carbons (Fsp3) is 0.308. The number of benzene rings is 1. The van der Waals surface area contributed by atoms with E-state index in [4.69, 9.17) is 4.74 Å². The quantitative estimate of drug-likeness (QED) is 0.788. The Balaban J connectivity index is 2.12. The highest BCUT2D eigenvalue weighted by atomic mass is 19.2. The van der Waals surface area contributed by atoms with Crippen LogP contribution in [0.15, 0.2) is 24.4 Å². The Bertz CT molecular complexity index is 542. The number of H-pyrrole nitrogens is 1. The van der Waals surface area contributed by atoms with E-state index >= 15 is 0 Å². The van der Waals surface area contributed by atoms with E-state index in [1.807, 2.05) is 0 Å². The molecule has 0 atom stereocenters. The van der Waals surface area contributed by atoms with E-state index in [9.17, 15) is 8.78 Å². The van der Waals surface area contributed by atoms with Gasteiger partial charge in [-0.3, -0.25) is 5.10 Å². The minimum absolute atomic E-state index is 0.569. The molecule has 0 aliphatic rings. The van der Waals surface area contributed by atoms with E-state index in [0.717, 1.165) is 17.7 Å². The van der Waals surface area contributed by atoms with Crippen molar-refractivity contribution in [2.75, 3.05) is 20.3 Å². The number of hydrogen-bond acceptors (Lipinski definition) is 3. The third-order valence-corrected chi connectivity index (χ3v) is 2.72. The summed E-state index contributed by atoms with van der Waals surface area (Å²) in [7, 11) is 1.63. The molecule has 0 bridgehead atoms. The molecule has 0 aliphatic carbocycles. The summed E-state index contributed by atoms with van der Waals surface area (Å²) >= 11 is 0. The molecule has 0 saturated heterocycles. The third-order valence-electron chi connectivity index (χ3n) is 2.72. The standard InChI is InChI=1S/C13H15F2N3O/c1-19-5-4-16-7-10-8-17-18-13(10)9-2-3-11(14)12(15)6-9/h2-3,6,8,16H,4-5,7H2,1H3,(H,17,18). The fourth-order valence-corrected chi connectivity index (χ4v) is 1.74. The number of halogens is 2. The highest BCUT2D eigenvalue weighted by Crippen LogP contribution is 2.22. The highest BCUT2D eigenvalue weighted by Gasteiger charge is 2.10. The number of rotatable bonds is 6. The number of aromatic nitrogens is 2. The first kappa shape index (κ1) is 13.6. The monoisotopic (exact) mass is 267 g/mol. The van der Waals surface area contributed by atoms with Gasteiger partial charge in [-0.05, 0) is 18.2 Å². The van der Waals surface area contributed by atoms with Crippen molar-refractivity contribution in [2.24, 2.45) is 0 Å². The molecule has 2 aromatic rings. The van der Waals surface area contributed by atoms with Gasteiger partial charge in [0.25, 0.3) is 0 Å². The predicted molar refractivity (Wildman–Crippen MR) is 67.5 cm³/mol. The zero-order chi connectivity index (χ0) is 13.7. The molecule has 4 nitrogen and oxygen atoms in total. The maximum atomic E-state index is 13.2. The average Bonchev–Trinajstić information content (AvgIpc) is 2.86. The molecule has 102 valence electrons. The fourth-order valence-electron chi connectivity index (χ4n) is 1.74. The summed E-state index contributed by atoms with van der Waals surface area (Å²) in [6, 6.07) is 3.78. The zero-order valence-corrected chi connectivity index (χ0v) is 10.5. The Hall–Kier alpha value is -1.79. The molecule has 0 spiro atoms. The lowest BCUT2D eigenvalue weighted by Crippen LogP contribution is -2.18. The van der Waals surface area contributed by atoms with E-state index < -0.39 is 11.6 Å². The van der Waals surface area contributed by atoms with Crippen LogP contribution >= 0.6 is 0 Å². The highest BCUT2D eigenvalue weighted by molar-refractivity contribution is 5.62. The van der Waals surface area contributed by atoms with Gasteiger partial charge in [0.05, 0.1) is 18.5 Å². The number of methoxy groups -OCH3 is 1. The Kier molecular flexibility index (Phi) is 4.59. The van der Waals surface area contributed by atoms with Gasteiger partial charge in [0.15, 0.2) is 11.6 Å². The largest absolute Gasteiger partial charge is 0.383 e. The number of ether oxygens (including phenoxy) is 1. The molecule has 0 radical (unpaired) electrons. The Morgan fingerprint density at radius 2 is 2.16 bits per heavy atom. The van der Waals surface area contributed by atoms with Gasteiger partial charge in [-0.2, -0.15) is 5.10 Å². The Morgan fingerprint density at radius 1 is 1.32 bits per heavy atom. The molecule has 1 aromatic heterocycles. The van der Waals surface area contributed by atoms with Crippen LogP contribution in [0.1, 0.15) is 5.56 Å². The van der Waals surface area contributed by atoms with Gasteiger partial charge in [0.1, 0.15) is 0 Å². The number of nitrogens with one attached hydrogen (secondary N) is 2. The summed E-state index contributed by atoms with van der Waals surface area (Å²) in [5, 5.41) is 9.91. The Labute approximate surface area is 109 Å². The molecule has 19 heavy (non-hydrogen) atoms. The van der Waals surface area contributed by atoms with Gasteiger partial charge in [-0.15, -0.1) is 0 Å². The maximum absolute atomic E-state index is 13.2. The van der Waals surface area contributed by atoms with Crippen molar-refractivity contribution >= 4 is 0 Å². The summed E-state index contributed by atoms with van der Waals surface area (Å²) in [6.07, 6.45) is 1.66. The van der Waals surface area contributed by atoms with Crippen LogP contribution in [0.3, 0.4) is 0 Å². The normalized spacial score (nSPS) is 10.9. The number of nitrogens with zero attached hydrogens (tertiary/aromatic N) is 1. The summed E-state index contributed by atoms with van der Waals surface area (Å²) in [5.41, 5.74) is 2.14. The van der Waals surface area contributed by atoms with Crippen LogP contribution in [0, 0.1) is 11.6 Å². The van der Waals surface area contributed by atoms with E-state index in [-0.39, 0.29) is 0 Å². The predicted octanol–water partition coefficient (Wildman–Crippen LogP) is 2.09. The van der Waals surface area contributed by atoms with Crippen LogP contribution in [-0.4, -0.2) is 30.5 Å². The van der Waals surface area contributed by atoms with Crippen LogP contribution in [0.5, 0.6) is 0 Å². The molecule has 2 rings (SSSR count). The first-order valence-corrected chi connectivity index (χ1v) is 5.89. The van der Waals surface area contributed by atoms with E-state index in [2.05, 4.69) is 15.5 Å². The molecule has 1 aromatic carbocycles. The molecular formula is C13H15F2N3O. The van der Waals surface area contributed by atoms with Crippen LogP contribution in [-0.2, 0) is 11.3 Å². The molecule has 0 aliphatic heterocycles. The van der Waals surface area contributed by atoms with Crippen molar-refractivity contribution in [2.45, 2.75) is 6.54 Å². The lowest BCUT2D eigenvalue weighted by atomic mass is 10.1. The molecule has 2 N–H and O–H groups in total. The topological polar surface area (TPSA) is 49.9 Å². The minimum Gasteiger partial charge on any atom is -0.383 e. The first-order chi connectivity index (χ1) is 9.22. The smallest absolute Gasteiger partial charge is 0.159 e. The molecule has 0 saturated carbocycles. The second kappa shape index (κ2) is 6.40. The molecule has 0 unspecified atom stereocenters. The van der Waals surface area contributed by atoms with Crippen molar-refractivity contribution < 1.29 is 13.5 Å². The van der Waals surface area contributed by atoms with Gasteiger partial charge in [0, 0.05) is 31.3 Å². The van der Waals surface area contributed by atoms with Crippen molar-refractivity contribution in [3.05, 3.63) is 41.6 Å². The third kappa shape index (κ3) is 3.36. The maximum Gasteiger partial charge on any atom is 0.159 e. The zero-order valence-electron chi connectivity index (χ0n) is 10.5. The lowest BCUT2D eigenvalue weighted by molar-refractivity contribution is 0.199. The van der Waals surface area contributed by atoms with E-state index in [0.29, 0.717) is 31.0 Å². The van der Waals surface area contributed by atoms with Gasteiger partial charge >= 0.3 is 0 Å². The van der Waals surface area contributed by atoms with E-state index in [1.165, 1.54) is 6.07 Å². The second-order valence-corrected chi connectivity index (χ2v) is 4.07. The van der Waals surface area contributed by atoms with E-state index in [1.54, 1.807) is 13.3 Å². The van der Waals surface area contributed by atoms with Crippen molar-refractivity contribution in [3.63, 3.8) is 0 Å². The number of aromatic amines is 1.